The summed E-state index contributed by atoms with van der Waals surface area (Å²) in [7, 11) is 0. The molecule has 0 fully saturated rings. The molecule has 19 heavy (non-hydrogen) atoms. The topological polar surface area (TPSA) is 61.8 Å². The van der Waals surface area contributed by atoms with E-state index in [1.807, 2.05) is 0 Å². The Morgan fingerprint density at radius 3 is 2.47 bits per heavy atom. The first-order chi connectivity index (χ1) is 8.84. The van der Waals surface area contributed by atoms with Crippen molar-refractivity contribution in [2.45, 2.75) is 20.0 Å². The van der Waals surface area contributed by atoms with Gasteiger partial charge in [0, 0.05) is 22.9 Å². The highest BCUT2D eigenvalue weighted by Gasteiger charge is 2.30. The molecule has 0 aliphatic carbocycles. The van der Waals surface area contributed by atoms with Crippen LogP contribution in [0.5, 0.6) is 5.75 Å². The average Bonchev–Trinajstić information content (AvgIpc) is 2.31. The Kier molecular flexibility index (Phi) is 6.14. The van der Waals surface area contributed by atoms with E-state index in [1.54, 1.807) is 6.92 Å². The number of hydrogen-bond donors (Lipinski definition) is 0. The number of benzene rings is 1. The first kappa shape index (κ1) is 16.3. The summed E-state index contributed by atoms with van der Waals surface area (Å²) in [4.78, 5) is 11.5. The molecule has 8 heteroatoms. The zero-order chi connectivity index (χ0) is 14.5. The fourth-order valence-electron chi connectivity index (χ4n) is 1.14. The molecule has 1 aromatic rings. The lowest BCUT2D eigenvalue weighted by molar-refractivity contribution is -0.146. The molecule has 1 rings (SSSR count). The summed E-state index contributed by atoms with van der Waals surface area (Å²) in [5.74, 6) is -0.672. The molecule has 0 amide bonds. The molecule has 0 heterocycles. The Morgan fingerprint density at radius 1 is 1.37 bits per heavy atom. The summed E-state index contributed by atoms with van der Waals surface area (Å²) in [6.07, 6.45) is -0.870. The van der Waals surface area contributed by atoms with E-state index in [9.17, 15) is 9.36 Å². The number of hydrogen-bond acceptors (Lipinski definition) is 5. The van der Waals surface area contributed by atoms with E-state index in [0.717, 1.165) is 0 Å². The van der Waals surface area contributed by atoms with Gasteiger partial charge in [-0.15, -0.1) is 0 Å². The standard InChI is InChI=1S/C11H13Cl2O5P/c1-3-16-8(2)11(14)18-19(13,15)17-10-6-4-9(12)5-7-10/h4-8H,3H2,1-2H3. The van der Waals surface area contributed by atoms with Gasteiger partial charge in [-0.3, -0.25) is 0 Å². The van der Waals surface area contributed by atoms with Gasteiger partial charge in [-0.1, -0.05) is 11.6 Å². The van der Waals surface area contributed by atoms with Crippen LogP contribution in [0.25, 0.3) is 0 Å². The maximum atomic E-state index is 11.8. The minimum atomic E-state index is -4.06. The van der Waals surface area contributed by atoms with Gasteiger partial charge >= 0.3 is 12.9 Å². The van der Waals surface area contributed by atoms with Gasteiger partial charge in [0.2, 0.25) is 0 Å². The molecule has 2 atom stereocenters. The molecule has 0 aliphatic rings. The highest BCUT2D eigenvalue weighted by molar-refractivity contribution is 7.82. The molecule has 0 bridgehead atoms. The highest BCUT2D eigenvalue weighted by Crippen LogP contribution is 2.53. The Bertz CT molecular complexity index is 476. The van der Waals surface area contributed by atoms with Gasteiger partial charge in [-0.2, -0.15) is 0 Å². The first-order valence-electron chi connectivity index (χ1n) is 5.44. The summed E-state index contributed by atoms with van der Waals surface area (Å²) in [6.45, 7) is -0.563. The first-order valence-corrected chi connectivity index (χ1v) is 8.26. The maximum Gasteiger partial charge on any atom is 0.532 e. The van der Waals surface area contributed by atoms with E-state index in [1.165, 1.54) is 31.2 Å². The maximum absolute atomic E-state index is 11.8. The second kappa shape index (κ2) is 7.15. The summed E-state index contributed by atoms with van der Waals surface area (Å²) in [5.41, 5.74) is 0. The van der Waals surface area contributed by atoms with Gasteiger partial charge in [-0.05, 0) is 38.1 Å². The SMILES string of the molecule is CCOC(C)C(=O)OP(=O)(Cl)Oc1ccc(Cl)cc1. The largest absolute Gasteiger partial charge is 0.532 e. The molecule has 0 radical (unpaired) electrons. The van der Waals surface area contributed by atoms with Crippen molar-refractivity contribution in [2.75, 3.05) is 6.61 Å². The van der Waals surface area contributed by atoms with Crippen LogP contribution in [-0.2, 0) is 18.6 Å². The van der Waals surface area contributed by atoms with Gasteiger partial charge in [0.1, 0.15) is 5.75 Å². The molecule has 0 saturated carbocycles. The molecule has 0 spiro atoms. The lowest BCUT2D eigenvalue weighted by Crippen LogP contribution is -2.22. The molecular formula is C11H13Cl2O5P. The van der Waals surface area contributed by atoms with Crippen molar-refractivity contribution in [1.82, 2.24) is 0 Å². The van der Waals surface area contributed by atoms with Gasteiger partial charge in [0.05, 0.1) is 0 Å². The number of ether oxygens (including phenoxy) is 1. The molecule has 0 saturated heterocycles. The van der Waals surface area contributed by atoms with Gasteiger partial charge in [0.15, 0.2) is 6.10 Å². The molecule has 5 nitrogen and oxygen atoms in total. The second-order valence-corrected chi connectivity index (χ2v) is 6.39. The van der Waals surface area contributed by atoms with E-state index in [2.05, 4.69) is 4.52 Å². The van der Waals surface area contributed by atoms with Gasteiger partial charge in [0.25, 0.3) is 0 Å². The third-order valence-corrected chi connectivity index (χ3v) is 3.47. The Hall–Kier alpha value is -0.740. The molecule has 0 aromatic heterocycles. The van der Waals surface area contributed by atoms with Crippen LogP contribution in [0.3, 0.4) is 0 Å². The van der Waals surface area contributed by atoms with Crippen LogP contribution in [0.2, 0.25) is 5.02 Å². The quantitative estimate of drug-likeness (QED) is 0.738. The summed E-state index contributed by atoms with van der Waals surface area (Å²) >= 11 is 11.2. The average molecular weight is 327 g/mol. The van der Waals surface area contributed by atoms with E-state index in [0.29, 0.717) is 11.6 Å². The Balaban J connectivity index is 2.63. The van der Waals surface area contributed by atoms with Crippen LogP contribution in [0.1, 0.15) is 13.8 Å². The molecule has 0 aliphatic heterocycles. The zero-order valence-corrected chi connectivity index (χ0v) is 12.7. The van der Waals surface area contributed by atoms with Crippen molar-refractivity contribution in [2.24, 2.45) is 0 Å². The van der Waals surface area contributed by atoms with Crippen molar-refractivity contribution in [1.29, 1.82) is 0 Å². The van der Waals surface area contributed by atoms with Crippen molar-refractivity contribution < 1.29 is 23.1 Å². The molecule has 106 valence electrons. The van der Waals surface area contributed by atoms with E-state index < -0.39 is 19.0 Å². The van der Waals surface area contributed by atoms with Crippen LogP contribution < -0.4 is 4.52 Å². The van der Waals surface area contributed by atoms with E-state index >= 15 is 0 Å². The van der Waals surface area contributed by atoms with Crippen molar-refractivity contribution >= 4 is 35.8 Å². The van der Waals surface area contributed by atoms with Crippen molar-refractivity contribution in [3.8, 4) is 5.75 Å². The number of halogens is 2. The molecular weight excluding hydrogens is 314 g/mol. The third-order valence-electron chi connectivity index (χ3n) is 1.98. The number of carbonyl (C=O) groups is 1. The molecule has 0 N–H and O–H groups in total. The number of carbonyl (C=O) groups excluding carboxylic acids is 1. The minimum absolute atomic E-state index is 0.180. The number of rotatable bonds is 6. The molecule has 1 aromatic carbocycles. The van der Waals surface area contributed by atoms with Crippen molar-refractivity contribution in [3.05, 3.63) is 29.3 Å². The van der Waals surface area contributed by atoms with Crippen LogP contribution in [0.4, 0.5) is 0 Å². The monoisotopic (exact) mass is 326 g/mol. The Morgan fingerprint density at radius 2 is 1.95 bits per heavy atom. The predicted molar refractivity (Wildman–Crippen MR) is 72.7 cm³/mol. The van der Waals surface area contributed by atoms with Gasteiger partial charge in [-0.25, -0.2) is 9.36 Å². The Labute approximate surface area is 121 Å². The summed E-state index contributed by atoms with van der Waals surface area (Å²) in [6, 6.07) is 5.96. The minimum Gasteiger partial charge on any atom is -0.405 e. The summed E-state index contributed by atoms with van der Waals surface area (Å²) in [5, 5.41) is 0.485. The van der Waals surface area contributed by atoms with Crippen LogP contribution in [0.15, 0.2) is 24.3 Å². The smallest absolute Gasteiger partial charge is 0.405 e. The predicted octanol–water partition coefficient (Wildman–Crippen LogP) is 4.03. The van der Waals surface area contributed by atoms with Gasteiger partial charge < -0.3 is 13.8 Å². The second-order valence-electron chi connectivity index (χ2n) is 3.48. The third kappa shape index (κ3) is 5.83. The highest BCUT2D eigenvalue weighted by atomic mass is 35.7. The van der Waals surface area contributed by atoms with Crippen LogP contribution in [0, 0.1) is 0 Å². The van der Waals surface area contributed by atoms with E-state index in [-0.39, 0.29) is 5.75 Å². The lowest BCUT2D eigenvalue weighted by atomic mass is 10.3. The zero-order valence-electron chi connectivity index (χ0n) is 10.3. The fraction of sp³-hybridized carbons (Fsp3) is 0.364. The van der Waals surface area contributed by atoms with Crippen molar-refractivity contribution in [3.63, 3.8) is 0 Å². The summed E-state index contributed by atoms with van der Waals surface area (Å²) < 4.78 is 26.3. The lowest BCUT2D eigenvalue weighted by Gasteiger charge is -2.15. The van der Waals surface area contributed by atoms with Crippen LogP contribution >= 0.6 is 29.8 Å². The van der Waals surface area contributed by atoms with E-state index in [4.69, 9.17) is 32.1 Å². The van der Waals surface area contributed by atoms with Crippen LogP contribution in [-0.4, -0.2) is 18.7 Å². The fourth-order valence-corrected chi connectivity index (χ4v) is 2.48. The molecule has 2 unspecified atom stereocenters. The normalized spacial score (nSPS) is 15.4.